The summed E-state index contributed by atoms with van der Waals surface area (Å²) in [6.07, 6.45) is 0. The zero-order valence-corrected chi connectivity index (χ0v) is 11.3. The van der Waals surface area contributed by atoms with Crippen LogP contribution in [0.4, 0.5) is 0 Å². The normalized spacial score (nSPS) is 14.7. The van der Waals surface area contributed by atoms with E-state index in [0.717, 1.165) is 17.9 Å². The first-order valence-electron chi connectivity index (χ1n) is 5.89. The molecule has 4 nitrogen and oxygen atoms in total. The van der Waals surface area contributed by atoms with Gasteiger partial charge in [-0.05, 0) is 23.6 Å². The van der Waals surface area contributed by atoms with Crippen molar-refractivity contribution >= 4 is 22.8 Å². The van der Waals surface area contributed by atoms with E-state index in [0.29, 0.717) is 11.1 Å². The van der Waals surface area contributed by atoms with Crippen molar-refractivity contribution < 1.29 is 9.90 Å². The van der Waals surface area contributed by atoms with E-state index in [9.17, 15) is 9.90 Å². The molecule has 0 bridgehead atoms. The molecule has 96 valence electrons. The Balaban J connectivity index is 2.15. The number of hydrogen-bond donors (Lipinski definition) is 2. The first-order chi connectivity index (χ1) is 8.58. The van der Waals surface area contributed by atoms with Crippen molar-refractivity contribution in [2.24, 2.45) is 4.99 Å². The summed E-state index contributed by atoms with van der Waals surface area (Å²) in [5.74, 6) is 0.925. The second kappa shape index (κ2) is 5.44. The van der Waals surface area contributed by atoms with Crippen molar-refractivity contribution in [2.45, 2.75) is 19.8 Å². The van der Waals surface area contributed by atoms with E-state index in [2.05, 4.69) is 10.3 Å². The second-order valence-corrected chi connectivity index (χ2v) is 5.50. The van der Waals surface area contributed by atoms with Crippen molar-refractivity contribution in [3.8, 4) is 5.75 Å². The fourth-order valence-corrected chi connectivity index (χ4v) is 2.40. The van der Waals surface area contributed by atoms with Gasteiger partial charge in [0.2, 0.25) is 0 Å². The molecule has 1 aromatic carbocycles. The van der Waals surface area contributed by atoms with Gasteiger partial charge in [-0.2, -0.15) is 0 Å². The molecule has 1 heterocycles. The summed E-state index contributed by atoms with van der Waals surface area (Å²) in [6, 6.07) is 5.16. The van der Waals surface area contributed by atoms with Crippen LogP contribution in [0.2, 0.25) is 0 Å². The Morgan fingerprint density at radius 2 is 2.28 bits per heavy atom. The van der Waals surface area contributed by atoms with Gasteiger partial charge in [-0.3, -0.25) is 9.79 Å². The summed E-state index contributed by atoms with van der Waals surface area (Å²) < 4.78 is 0. The Morgan fingerprint density at radius 1 is 1.50 bits per heavy atom. The lowest BCUT2D eigenvalue weighted by atomic mass is 10.0. The predicted molar refractivity (Wildman–Crippen MR) is 74.4 cm³/mol. The van der Waals surface area contributed by atoms with Crippen molar-refractivity contribution in [2.75, 3.05) is 12.3 Å². The highest BCUT2D eigenvalue weighted by Gasteiger charge is 2.16. The maximum Gasteiger partial charge on any atom is 0.260 e. The smallest absolute Gasteiger partial charge is 0.260 e. The van der Waals surface area contributed by atoms with Gasteiger partial charge in [0.25, 0.3) is 5.91 Å². The van der Waals surface area contributed by atoms with Crippen molar-refractivity contribution in [3.05, 3.63) is 29.3 Å². The third kappa shape index (κ3) is 2.85. The largest absolute Gasteiger partial charge is 0.507 e. The number of rotatable bonds is 2. The van der Waals surface area contributed by atoms with Gasteiger partial charge in [-0.25, -0.2) is 0 Å². The quantitative estimate of drug-likeness (QED) is 0.862. The van der Waals surface area contributed by atoms with Gasteiger partial charge >= 0.3 is 0 Å². The number of benzene rings is 1. The molecule has 2 rings (SSSR count). The van der Waals surface area contributed by atoms with Gasteiger partial charge in [0.05, 0.1) is 12.1 Å². The number of hydrogen-bond acceptors (Lipinski definition) is 4. The van der Waals surface area contributed by atoms with Crippen LogP contribution in [0.3, 0.4) is 0 Å². The number of nitrogens with one attached hydrogen (secondary N) is 1. The summed E-state index contributed by atoms with van der Waals surface area (Å²) in [6.45, 7) is 4.81. The maximum atomic E-state index is 11.9. The van der Waals surface area contributed by atoms with Gasteiger partial charge < -0.3 is 10.4 Å². The molecule has 1 aromatic rings. The molecule has 1 amide bonds. The van der Waals surface area contributed by atoms with Crippen molar-refractivity contribution in [1.82, 2.24) is 5.32 Å². The molecule has 0 aliphatic carbocycles. The summed E-state index contributed by atoms with van der Waals surface area (Å²) in [5, 5.41) is 13.2. The number of aliphatic imine (C=N–C) groups is 1. The monoisotopic (exact) mass is 264 g/mol. The number of amides is 1. The summed E-state index contributed by atoms with van der Waals surface area (Å²) in [4.78, 5) is 16.1. The third-order valence-corrected chi connectivity index (χ3v) is 3.63. The summed E-state index contributed by atoms with van der Waals surface area (Å²) in [7, 11) is 0. The summed E-state index contributed by atoms with van der Waals surface area (Å²) in [5.41, 5.74) is 1.30. The van der Waals surface area contributed by atoms with Gasteiger partial charge in [0.1, 0.15) is 5.75 Å². The zero-order chi connectivity index (χ0) is 13.1. The van der Waals surface area contributed by atoms with Gasteiger partial charge in [0.15, 0.2) is 5.17 Å². The van der Waals surface area contributed by atoms with E-state index in [1.54, 1.807) is 12.1 Å². The van der Waals surface area contributed by atoms with Crippen LogP contribution >= 0.6 is 11.8 Å². The molecule has 1 aliphatic rings. The van der Waals surface area contributed by atoms with Gasteiger partial charge in [0, 0.05) is 5.75 Å². The fourth-order valence-electron chi connectivity index (χ4n) is 1.68. The molecule has 18 heavy (non-hydrogen) atoms. The number of carbonyl (C=O) groups excluding carboxylic acids is 1. The Kier molecular flexibility index (Phi) is 3.91. The molecule has 0 atom stereocenters. The van der Waals surface area contributed by atoms with E-state index in [-0.39, 0.29) is 17.2 Å². The molecule has 0 radical (unpaired) electrons. The minimum Gasteiger partial charge on any atom is -0.507 e. The molecule has 0 saturated carbocycles. The van der Waals surface area contributed by atoms with Crippen molar-refractivity contribution in [1.29, 1.82) is 0 Å². The van der Waals surface area contributed by atoms with Crippen LogP contribution in [0.25, 0.3) is 0 Å². The molecule has 5 heteroatoms. The number of thioether (sulfide) groups is 1. The molecule has 1 aliphatic heterocycles. The number of carbonyl (C=O) groups is 1. The molecule has 0 saturated heterocycles. The van der Waals surface area contributed by atoms with Crippen molar-refractivity contribution in [3.63, 3.8) is 0 Å². The van der Waals surface area contributed by atoms with Crippen LogP contribution in [-0.4, -0.2) is 28.5 Å². The van der Waals surface area contributed by atoms with Crippen LogP contribution < -0.4 is 5.32 Å². The van der Waals surface area contributed by atoms with Gasteiger partial charge in [-0.15, -0.1) is 0 Å². The molecule has 0 fully saturated rings. The van der Waals surface area contributed by atoms with Gasteiger partial charge in [-0.1, -0.05) is 31.7 Å². The SMILES string of the molecule is CC(C)c1ccc(C(=O)NC2=NCCS2)c(O)c1. The fraction of sp³-hybridized carbons (Fsp3) is 0.385. The lowest BCUT2D eigenvalue weighted by Crippen LogP contribution is -2.27. The first-order valence-corrected chi connectivity index (χ1v) is 6.88. The van der Waals surface area contributed by atoms with Crippen LogP contribution in [0.5, 0.6) is 5.75 Å². The Morgan fingerprint density at radius 3 is 2.83 bits per heavy atom. The predicted octanol–water partition coefficient (Wildman–Crippen LogP) is 2.35. The molecule has 0 spiro atoms. The highest BCUT2D eigenvalue weighted by molar-refractivity contribution is 8.14. The Bertz CT molecular complexity index is 498. The first kappa shape index (κ1) is 13.0. The molecule has 0 aromatic heterocycles. The van der Waals surface area contributed by atoms with E-state index < -0.39 is 0 Å². The molecular weight excluding hydrogens is 248 g/mol. The lowest BCUT2D eigenvalue weighted by molar-refractivity contribution is 0.0975. The average Bonchev–Trinajstić information content (AvgIpc) is 2.81. The van der Waals surface area contributed by atoms with Crippen LogP contribution in [0.15, 0.2) is 23.2 Å². The minimum atomic E-state index is -0.309. The van der Waals surface area contributed by atoms with E-state index in [1.165, 1.54) is 11.8 Å². The summed E-state index contributed by atoms with van der Waals surface area (Å²) >= 11 is 1.52. The molecular formula is C13H16N2O2S. The third-order valence-electron chi connectivity index (χ3n) is 2.74. The van der Waals surface area contributed by atoms with Crippen LogP contribution in [0.1, 0.15) is 35.7 Å². The van der Waals surface area contributed by atoms with E-state index >= 15 is 0 Å². The molecule has 2 N–H and O–H groups in total. The highest BCUT2D eigenvalue weighted by Crippen LogP contribution is 2.24. The number of nitrogens with zero attached hydrogens (tertiary/aromatic N) is 1. The lowest BCUT2D eigenvalue weighted by Gasteiger charge is -2.09. The topological polar surface area (TPSA) is 61.7 Å². The Hall–Kier alpha value is -1.49. The Labute approximate surface area is 111 Å². The average molecular weight is 264 g/mol. The number of phenolic OH excluding ortho intramolecular Hbond substituents is 1. The molecule has 0 unspecified atom stereocenters. The standard InChI is InChI=1S/C13H16N2O2S/c1-8(2)9-3-4-10(11(16)7-9)12(17)15-13-14-5-6-18-13/h3-4,7-8,16H,5-6H2,1-2H3,(H,14,15,17). The zero-order valence-electron chi connectivity index (χ0n) is 10.4. The maximum absolute atomic E-state index is 11.9. The number of aromatic hydroxyl groups is 1. The number of amidine groups is 1. The second-order valence-electron chi connectivity index (χ2n) is 4.42. The van der Waals surface area contributed by atoms with Crippen LogP contribution in [-0.2, 0) is 0 Å². The number of phenols is 1. The highest BCUT2D eigenvalue weighted by atomic mass is 32.2. The van der Waals surface area contributed by atoms with E-state index in [1.807, 2.05) is 19.9 Å². The minimum absolute atomic E-state index is 0.0160. The van der Waals surface area contributed by atoms with Crippen LogP contribution in [0, 0.1) is 0 Å². The van der Waals surface area contributed by atoms with E-state index in [4.69, 9.17) is 0 Å².